The Morgan fingerprint density at radius 1 is 1.25 bits per heavy atom. The zero-order chi connectivity index (χ0) is 22.7. The normalized spacial score (nSPS) is 16.8. The number of carbonyl (C=O) groups excluding carboxylic acids is 1. The van der Waals surface area contributed by atoms with Gasteiger partial charge in [-0.1, -0.05) is 11.6 Å². The van der Waals surface area contributed by atoms with Crippen molar-refractivity contribution in [2.45, 2.75) is 39.0 Å². The van der Waals surface area contributed by atoms with Crippen LogP contribution in [0.25, 0.3) is 11.0 Å². The molecule has 4 rings (SSSR count). The van der Waals surface area contributed by atoms with Crippen LogP contribution in [0.3, 0.4) is 0 Å². The molecule has 32 heavy (non-hydrogen) atoms. The number of rotatable bonds is 4. The SMILES string of the molecule is CC(C)(C)OC(=O)N1CCNCC1c1ccncc1NCc1cc2nccnc2cc1Cl. The molecular formula is C23H27ClN6O2. The molecule has 1 aromatic carbocycles. The number of ether oxygens (including phenoxy) is 1. The molecule has 9 heteroatoms. The smallest absolute Gasteiger partial charge is 0.410 e. The number of anilines is 1. The standard InChI is InChI=1S/C23H27ClN6O2/c1-23(2,3)32-22(31)30-9-8-26-14-21(30)16-4-5-25-13-20(16)29-12-15-10-18-19(11-17(15)24)28-7-6-27-18/h4-7,10-11,13,21,26,29H,8-9,12,14H2,1-3H3. The minimum Gasteiger partial charge on any atom is -0.444 e. The second kappa shape index (κ2) is 9.26. The van der Waals surface area contributed by atoms with Crippen LogP contribution in [-0.2, 0) is 11.3 Å². The highest BCUT2D eigenvalue weighted by Gasteiger charge is 2.32. The summed E-state index contributed by atoms with van der Waals surface area (Å²) in [6.45, 7) is 8.02. The zero-order valence-electron chi connectivity index (χ0n) is 18.4. The van der Waals surface area contributed by atoms with E-state index in [0.29, 0.717) is 24.7 Å². The lowest BCUT2D eigenvalue weighted by atomic mass is 10.0. The van der Waals surface area contributed by atoms with Gasteiger partial charge in [-0.2, -0.15) is 0 Å². The average Bonchev–Trinajstić information content (AvgIpc) is 2.77. The monoisotopic (exact) mass is 454 g/mol. The molecule has 1 unspecified atom stereocenters. The Morgan fingerprint density at radius 3 is 2.75 bits per heavy atom. The predicted octanol–water partition coefficient (Wildman–Crippen LogP) is 4.17. The number of halogens is 1. The molecule has 0 spiro atoms. The predicted molar refractivity (Wildman–Crippen MR) is 125 cm³/mol. The van der Waals surface area contributed by atoms with E-state index < -0.39 is 5.60 Å². The molecule has 1 aliphatic heterocycles. The molecule has 0 bridgehead atoms. The fourth-order valence-electron chi connectivity index (χ4n) is 3.72. The largest absolute Gasteiger partial charge is 0.444 e. The Bertz CT molecular complexity index is 1120. The van der Waals surface area contributed by atoms with Crippen LogP contribution in [0.15, 0.2) is 43.0 Å². The maximum atomic E-state index is 12.9. The number of fused-ring (bicyclic) bond motifs is 1. The van der Waals surface area contributed by atoms with Gasteiger partial charge in [0.05, 0.1) is 29.0 Å². The number of nitrogens with one attached hydrogen (secondary N) is 2. The molecule has 8 nitrogen and oxygen atoms in total. The molecule has 1 fully saturated rings. The van der Waals surface area contributed by atoms with E-state index in [-0.39, 0.29) is 12.1 Å². The Morgan fingerprint density at radius 2 is 2.00 bits per heavy atom. The van der Waals surface area contributed by atoms with E-state index in [1.807, 2.05) is 39.0 Å². The second-order valence-corrected chi connectivity index (χ2v) is 9.11. The molecule has 2 aromatic heterocycles. The van der Waals surface area contributed by atoms with E-state index in [2.05, 4.69) is 25.6 Å². The summed E-state index contributed by atoms with van der Waals surface area (Å²) in [6, 6.07) is 5.51. The summed E-state index contributed by atoms with van der Waals surface area (Å²) in [5, 5.41) is 7.43. The Balaban J connectivity index is 1.57. The van der Waals surface area contributed by atoms with Gasteiger partial charge in [-0.3, -0.25) is 19.9 Å². The molecule has 1 amide bonds. The number of piperazine rings is 1. The van der Waals surface area contributed by atoms with E-state index >= 15 is 0 Å². The van der Waals surface area contributed by atoms with Gasteiger partial charge in [-0.15, -0.1) is 0 Å². The molecule has 0 aliphatic carbocycles. The highest BCUT2D eigenvalue weighted by molar-refractivity contribution is 6.32. The second-order valence-electron chi connectivity index (χ2n) is 8.70. The molecule has 0 radical (unpaired) electrons. The van der Waals surface area contributed by atoms with Crippen LogP contribution in [0.1, 0.15) is 37.9 Å². The van der Waals surface area contributed by atoms with Crippen molar-refractivity contribution in [2.24, 2.45) is 0 Å². The summed E-state index contributed by atoms with van der Waals surface area (Å²) in [6.07, 6.45) is 6.50. The van der Waals surface area contributed by atoms with Crippen LogP contribution in [0.5, 0.6) is 0 Å². The summed E-state index contributed by atoms with van der Waals surface area (Å²) in [4.78, 5) is 27.6. The quantitative estimate of drug-likeness (QED) is 0.611. The number of benzene rings is 1. The van der Waals surface area contributed by atoms with Crippen molar-refractivity contribution in [3.8, 4) is 0 Å². The van der Waals surface area contributed by atoms with Gasteiger partial charge in [0.15, 0.2) is 0 Å². The summed E-state index contributed by atoms with van der Waals surface area (Å²) in [5.74, 6) is 0. The maximum absolute atomic E-state index is 12.9. The molecule has 3 aromatic rings. The van der Waals surface area contributed by atoms with Gasteiger partial charge in [0.25, 0.3) is 0 Å². The molecule has 1 saturated heterocycles. The van der Waals surface area contributed by atoms with Crippen LogP contribution in [0.4, 0.5) is 10.5 Å². The van der Waals surface area contributed by atoms with Crippen molar-refractivity contribution < 1.29 is 9.53 Å². The molecule has 0 saturated carbocycles. The molecule has 1 atom stereocenters. The topological polar surface area (TPSA) is 92.3 Å². The first-order valence-electron chi connectivity index (χ1n) is 10.6. The van der Waals surface area contributed by atoms with Gasteiger partial charge in [0.2, 0.25) is 0 Å². The summed E-state index contributed by atoms with van der Waals surface area (Å²) in [7, 11) is 0. The first-order chi connectivity index (χ1) is 15.3. The maximum Gasteiger partial charge on any atom is 0.410 e. The van der Waals surface area contributed by atoms with Crippen molar-refractivity contribution in [1.29, 1.82) is 0 Å². The number of nitrogens with zero attached hydrogens (tertiary/aromatic N) is 4. The van der Waals surface area contributed by atoms with Crippen molar-refractivity contribution in [1.82, 2.24) is 25.2 Å². The van der Waals surface area contributed by atoms with Crippen molar-refractivity contribution >= 4 is 34.4 Å². The van der Waals surface area contributed by atoms with Gasteiger partial charge < -0.3 is 15.4 Å². The number of aromatic nitrogens is 3. The molecule has 3 heterocycles. The van der Waals surface area contributed by atoms with E-state index in [0.717, 1.165) is 34.4 Å². The molecular weight excluding hydrogens is 428 g/mol. The van der Waals surface area contributed by atoms with Crippen molar-refractivity contribution in [3.05, 3.63) is 59.1 Å². The minimum absolute atomic E-state index is 0.179. The van der Waals surface area contributed by atoms with E-state index in [9.17, 15) is 4.79 Å². The van der Waals surface area contributed by atoms with Crippen LogP contribution >= 0.6 is 11.6 Å². The van der Waals surface area contributed by atoms with Gasteiger partial charge in [-0.05, 0) is 44.5 Å². The summed E-state index contributed by atoms with van der Waals surface area (Å²) in [5.41, 5.74) is 3.69. The molecule has 1 aliphatic rings. The first-order valence-corrected chi connectivity index (χ1v) is 11.0. The zero-order valence-corrected chi connectivity index (χ0v) is 19.2. The van der Waals surface area contributed by atoms with E-state index in [4.69, 9.17) is 16.3 Å². The third kappa shape index (κ3) is 5.08. The molecule has 2 N–H and O–H groups in total. The highest BCUT2D eigenvalue weighted by atomic mass is 35.5. The Labute approximate surface area is 192 Å². The lowest BCUT2D eigenvalue weighted by Crippen LogP contribution is -2.50. The van der Waals surface area contributed by atoms with Crippen LogP contribution in [0.2, 0.25) is 5.02 Å². The highest BCUT2D eigenvalue weighted by Crippen LogP contribution is 2.30. The van der Waals surface area contributed by atoms with Crippen LogP contribution in [0, 0.1) is 0 Å². The minimum atomic E-state index is -0.554. The fraction of sp³-hybridized carbons (Fsp3) is 0.391. The fourth-order valence-corrected chi connectivity index (χ4v) is 3.94. The lowest BCUT2D eigenvalue weighted by Gasteiger charge is -2.38. The Kier molecular flexibility index (Phi) is 6.43. The van der Waals surface area contributed by atoms with E-state index in [1.165, 1.54) is 0 Å². The molecule has 168 valence electrons. The van der Waals surface area contributed by atoms with E-state index in [1.54, 1.807) is 29.7 Å². The third-order valence-corrected chi connectivity index (χ3v) is 5.54. The van der Waals surface area contributed by atoms with Gasteiger partial charge in [-0.25, -0.2) is 4.79 Å². The number of hydrogen-bond acceptors (Lipinski definition) is 7. The summed E-state index contributed by atoms with van der Waals surface area (Å²) >= 11 is 6.48. The van der Waals surface area contributed by atoms with Gasteiger partial charge in [0, 0.05) is 55.4 Å². The number of carbonyl (C=O) groups is 1. The summed E-state index contributed by atoms with van der Waals surface area (Å²) < 4.78 is 5.65. The number of amides is 1. The van der Waals surface area contributed by atoms with Gasteiger partial charge in [0.1, 0.15) is 5.60 Å². The van der Waals surface area contributed by atoms with Crippen molar-refractivity contribution in [2.75, 3.05) is 25.0 Å². The van der Waals surface area contributed by atoms with Gasteiger partial charge >= 0.3 is 6.09 Å². The number of hydrogen-bond donors (Lipinski definition) is 2. The lowest BCUT2D eigenvalue weighted by molar-refractivity contribution is 0.0118. The Hall–Kier alpha value is -2.97. The van der Waals surface area contributed by atoms with Crippen LogP contribution in [-0.4, -0.2) is 51.2 Å². The number of pyridine rings is 1. The van der Waals surface area contributed by atoms with Crippen molar-refractivity contribution in [3.63, 3.8) is 0 Å². The first kappa shape index (κ1) is 22.2. The third-order valence-electron chi connectivity index (χ3n) is 5.19. The average molecular weight is 455 g/mol. The van der Waals surface area contributed by atoms with Crippen LogP contribution < -0.4 is 10.6 Å².